The number of hydrogen-bond donors (Lipinski definition) is 0. The molecule has 0 spiro atoms. The first-order valence-corrected chi connectivity index (χ1v) is 10.9. The molecule has 2 aromatic carbocycles. The molecule has 0 saturated carbocycles. The summed E-state index contributed by atoms with van der Waals surface area (Å²) in [4.78, 5) is 38.5. The number of rotatable bonds is 5. The van der Waals surface area contributed by atoms with Gasteiger partial charge in [0.1, 0.15) is 6.54 Å². The van der Waals surface area contributed by atoms with Crippen LogP contribution >= 0.6 is 0 Å². The van der Waals surface area contributed by atoms with Crippen molar-refractivity contribution in [2.45, 2.75) is 19.8 Å². The van der Waals surface area contributed by atoms with Crippen molar-refractivity contribution in [3.63, 3.8) is 0 Å². The Morgan fingerprint density at radius 2 is 1.66 bits per heavy atom. The van der Waals surface area contributed by atoms with Gasteiger partial charge in [0.25, 0.3) is 5.91 Å². The van der Waals surface area contributed by atoms with Crippen LogP contribution in [0.2, 0.25) is 0 Å². The largest absolute Gasteiger partial charge is 0.297 e. The van der Waals surface area contributed by atoms with Gasteiger partial charge < -0.3 is 0 Å². The third-order valence-corrected chi connectivity index (χ3v) is 5.95. The Balaban J connectivity index is 1.87. The molecular weight excluding hydrogens is 392 g/mol. The minimum Gasteiger partial charge on any atom is -0.288 e. The molecule has 1 aliphatic heterocycles. The van der Waals surface area contributed by atoms with Crippen molar-refractivity contribution >= 4 is 33.3 Å². The van der Waals surface area contributed by atoms with Crippen molar-refractivity contribution < 1.29 is 22.8 Å². The van der Waals surface area contributed by atoms with Crippen molar-refractivity contribution in [2.75, 3.05) is 23.7 Å². The summed E-state index contributed by atoms with van der Waals surface area (Å²) in [5.41, 5.74) is 2.68. The van der Waals surface area contributed by atoms with Crippen LogP contribution in [0.3, 0.4) is 0 Å². The molecule has 0 N–H and O–H groups in total. The SMILES string of the molecule is Cc1cc(C)cc(N(CC(=O)N2C[C@H](c3ccccc3)C(=O)C2=O)S(C)(=O)=O)c1. The second kappa shape index (κ2) is 7.79. The number of aryl methyl sites for hydroxylation is 2. The fraction of sp³-hybridized carbons (Fsp3) is 0.286. The van der Waals surface area contributed by atoms with E-state index in [4.69, 9.17) is 0 Å². The molecule has 0 aromatic heterocycles. The Kier molecular flexibility index (Phi) is 5.57. The molecule has 1 saturated heterocycles. The number of benzene rings is 2. The van der Waals surface area contributed by atoms with Gasteiger partial charge in [0.15, 0.2) is 0 Å². The maximum atomic E-state index is 12.8. The standard InChI is InChI=1S/C21H22N2O5S/c1-14-9-15(2)11-17(10-14)23(29(3,27)28)13-19(24)22-12-18(20(25)21(22)26)16-7-5-4-6-8-16/h4-11,18H,12-13H2,1-3H3/t18-/m1/s1. The number of likely N-dealkylation sites (tertiary alicyclic amines) is 1. The fourth-order valence-electron chi connectivity index (χ4n) is 3.49. The van der Waals surface area contributed by atoms with Crippen LogP contribution in [-0.2, 0) is 24.4 Å². The Labute approximate surface area is 170 Å². The van der Waals surface area contributed by atoms with Gasteiger partial charge in [0.05, 0.1) is 17.9 Å². The van der Waals surface area contributed by atoms with Gasteiger partial charge in [-0.15, -0.1) is 0 Å². The summed E-state index contributed by atoms with van der Waals surface area (Å²) in [7, 11) is -3.78. The molecule has 2 amide bonds. The van der Waals surface area contributed by atoms with Gasteiger partial charge in [-0.1, -0.05) is 36.4 Å². The zero-order chi connectivity index (χ0) is 21.3. The predicted octanol–water partition coefficient (Wildman–Crippen LogP) is 1.79. The van der Waals surface area contributed by atoms with Gasteiger partial charge >= 0.3 is 0 Å². The van der Waals surface area contributed by atoms with Gasteiger partial charge in [0, 0.05) is 6.54 Å². The smallest absolute Gasteiger partial charge is 0.288 e. The van der Waals surface area contributed by atoms with E-state index < -0.39 is 40.1 Å². The molecule has 0 unspecified atom stereocenters. The second-order valence-electron chi connectivity index (χ2n) is 7.25. The second-order valence-corrected chi connectivity index (χ2v) is 9.16. The molecule has 2 aromatic rings. The number of anilines is 1. The van der Waals surface area contributed by atoms with Crippen LogP contribution in [0.5, 0.6) is 0 Å². The molecule has 0 aliphatic carbocycles. The predicted molar refractivity (Wildman–Crippen MR) is 109 cm³/mol. The molecule has 1 heterocycles. The summed E-state index contributed by atoms with van der Waals surface area (Å²) >= 11 is 0. The number of ketones is 1. The number of imide groups is 1. The van der Waals surface area contributed by atoms with E-state index in [0.717, 1.165) is 26.6 Å². The lowest BCUT2D eigenvalue weighted by Crippen LogP contribution is -2.44. The molecule has 1 aliphatic rings. The molecule has 1 atom stereocenters. The van der Waals surface area contributed by atoms with Crippen molar-refractivity contribution in [3.05, 3.63) is 65.2 Å². The number of nitrogens with zero attached hydrogens (tertiary/aromatic N) is 2. The highest BCUT2D eigenvalue weighted by atomic mass is 32.2. The number of carbonyl (C=O) groups is 3. The van der Waals surface area contributed by atoms with Crippen LogP contribution in [0.4, 0.5) is 5.69 Å². The molecular formula is C21H22N2O5S. The van der Waals surface area contributed by atoms with Gasteiger partial charge in [-0.05, 0) is 42.7 Å². The third-order valence-electron chi connectivity index (χ3n) is 4.81. The first kappa shape index (κ1) is 20.7. The lowest BCUT2D eigenvalue weighted by atomic mass is 9.97. The van der Waals surface area contributed by atoms with Gasteiger partial charge in [-0.3, -0.25) is 23.6 Å². The Hall–Kier alpha value is -3.00. The van der Waals surface area contributed by atoms with E-state index in [2.05, 4.69) is 0 Å². The lowest BCUT2D eigenvalue weighted by Gasteiger charge is -2.24. The van der Waals surface area contributed by atoms with Crippen LogP contribution in [-0.4, -0.2) is 50.3 Å². The van der Waals surface area contributed by atoms with Crippen LogP contribution in [0, 0.1) is 13.8 Å². The highest BCUT2D eigenvalue weighted by molar-refractivity contribution is 7.92. The van der Waals surface area contributed by atoms with E-state index in [-0.39, 0.29) is 6.54 Å². The summed E-state index contributed by atoms with van der Waals surface area (Å²) < 4.78 is 25.6. The Morgan fingerprint density at radius 3 is 2.21 bits per heavy atom. The van der Waals surface area contributed by atoms with Crippen LogP contribution in [0.15, 0.2) is 48.5 Å². The van der Waals surface area contributed by atoms with Gasteiger partial charge in [0.2, 0.25) is 21.7 Å². The first-order valence-electron chi connectivity index (χ1n) is 9.07. The first-order chi connectivity index (χ1) is 13.6. The normalized spacial score (nSPS) is 16.9. The summed E-state index contributed by atoms with van der Waals surface area (Å²) in [6.45, 7) is 3.00. The monoisotopic (exact) mass is 414 g/mol. The molecule has 0 bridgehead atoms. The maximum Gasteiger partial charge on any atom is 0.297 e. The number of hydrogen-bond acceptors (Lipinski definition) is 5. The zero-order valence-electron chi connectivity index (χ0n) is 16.5. The third kappa shape index (κ3) is 4.37. The van der Waals surface area contributed by atoms with Gasteiger partial charge in [-0.25, -0.2) is 8.42 Å². The van der Waals surface area contributed by atoms with Gasteiger partial charge in [-0.2, -0.15) is 0 Å². The lowest BCUT2D eigenvalue weighted by molar-refractivity contribution is -0.146. The van der Waals surface area contributed by atoms with Crippen molar-refractivity contribution in [1.29, 1.82) is 0 Å². The molecule has 1 fully saturated rings. The summed E-state index contributed by atoms with van der Waals surface area (Å²) in [6, 6.07) is 14.0. The highest BCUT2D eigenvalue weighted by Gasteiger charge is 2.43. The number of sulfonamides is 1. The van der Waals surface area contributed by atoms with Crippen LogP contribution in [0.25, 0.3) is 0 Å². The van der Waals surface area contributed by atoms with E-state index in [0.29, 0.717) is 11.3 Å². The van der Waals surface area contributed by atoms with Crippen molar-refractivity contribution in [3.8, 4) is 0 Å². The van der Waals surface area contributed by atoms with E-state index in [1.807, 2.05) is 19.9 Å². The minimum atomic E-state index is -3.78. The van der Waals surface area contributed by atoms with Crippen molar-refractivity contribution in [1.82, 2.24) is 4.90 Å². The highest BCUT2D eigenvalue weighted by Crippen LogP contribution is 2.26. The Morgan fingerprint density at radius 1 is 1.07 bits per heavy atom. The maximum absolute atomic E-state index is 12.8. The average molecular weight is 414 g/mol. The quantitative estimate of drug-likeness (QED) is 0.696. The number of Topliss-reactive ketones (excluding diaryl/α,β-unsaturated/α-hetero) is 1. The van der Waals surface area contributed by atoms with E-state index in [1.165, 1.54) is 0 Å². The van der Waals surface area contributed by atoms with Crippen LogP contribution < -0.4 is 4.31 Å². The summed E-state index contributed by atoms with van der Waals surface area (Å²) in [6.07, 6.45) is 1.00. The topological polar surface area (TPSA) is 91.8 Å². The molecule has 0 radical (unpaired) electrons. The van der Waals surface area contributed by atoms with Crippen molar-refractivity contribution in [2.24, 2.45) is 0 Å². The zero-order valence-corrected chi connectivity index (χ0v) is 17.3. The fourth-order valence-corrected chi connectivity index (χ4v) is 4.32. The molecule has 152 valence electrons. The molecule has 3 rings (SSSR count). The van der Waals surface area contributed by atoms with Crippen LogP contribution in [0.1, 0.15) is 22.6 Å². The summed E-state index contributed by atoms with van der Waals surface area (Å²) in [5, 5.41) is 0. The van der Waals surface area contributed by atoms with E-state index in [9.17, 15) is 22.8 Å². The number of carbonyl (C=O) groups excluding carboxylic acids is 3. The summed E-state index contributed by atoms with van der Waals surface area (Å²) in [5.74, 6) is -3.04. The molecule has 29 heavy (non-hydrogen) atoms. The average Bonchev–Trinajstić information content (AvgIpc) is 2.94. The molecule has 7 nitrogen and oxygen atoms in total. The minimum absolute atomic E-state index is 0.0923. The molecule has 8 heteroatoms. The number of amides is 2. The van der Waals surface area contributed by atoms with E-state index in [1.54, 1.807) is 42.5 Å². The van der Waals surface area contributed by atoms with E-state index >= 15 is 0 Å². The Bertz CT molecular complexity index is 1060.